The Morgan fingerprint density at radius 1 is 0.760 bits per heavy atom. The molecule has 0 aromatic heterocycles. The van der Waals surface area contributed by atoms with Crippen LogP contribution in [0.4, 0.5) is 0 Å². The third kappa shape index (κ3) is 6.22. The molecule has 0 nitrogen and oxygen atoms in total. The molecule has 0 saturated heterocycles. The molecule has 0 N–H and O–H groups in total. The average molecular weight is 461 g/mol. The van der Waals surface area contributed by atoms with Crippen molar-refractivity contribution in [2.45, 2.75) is 86.3 Å². The van der Waals surface area contributed by atoms with Crippen molar-refractivity contribution in [3.05, 3.63) is 46.6 Å². The van der Waals surface area contributed by atoms with Gasteiger partial charge >= 0.3 is 156 Å². The van der Waals surface area contributed by atoms with E-state index >= 15 is 0 Å². The van der Waals surface area contributed by atoms with Gasteiger partial charge in [-0.15, -0.1) is 0 Å². The first-order chi connectivity index (χ1) is 10.8. The Kier molecular flexibility index (Phi) is 10.9. The van der Waals surface area contributed by atoms with Crippen molar-refractivity contribution in [3.63, 3.8) is 0 Å². The van der Waals surface area contributed by atoms with E-state index in [4.69, 9.17) is 0 Å². The van der Waals surface area contributed by atoms with Crippen LogP contribution < -0.4 is 24.8 Å². The minimum Gasteiger partial charge on any atom is -1.00 e. The first-order valence-corrected chi connectivity index (χ1v) is 11.9. The SMILES string of the molecule is CCCCC1=C[C](C)([Zr+2][C]2(C)C=C(CCCC)C=C2C)C(C)=C1.[Cl-].[Cl-]. The minimum absolute atomic E-state index is 0. The molecule has 140 valence electrons. The van der Waals surface area contributed by atoms with Crippen molar-refractivity contribution in [2.75, 3.05) is 0 Å². The van der Waals surface area contributed by atoms with Gasteiger partial charge in [0, 0.05) is 0 Å². The summed E-state index contributed by atoms with van der Waals surface area (Å²) in [7, 11) is 0. The number of rotatable bonds is 8. The smallest absolute Gasteiger partial charge is 1.00 e. The Morgan fingerprint density at radius 2 is 1.12 bits per heavy atom. The molecule has 2 aliphatic rings. The molecule has 0 heterocycles. The van der Waals surface area contributed by atoms with E-state index in [-0.39, 0.29) is 24.8 Å². The Hall–Kier alpha value is 0.423. The van der Waals surface area contributed by atoms with Gasteiger partial charge in [0.15, 0.2) is 0 Å². The van der Waals surface area contributed by atoms with Crippen LogP contribution >= 0.6 is 0 Å². The van der Waals surface area contributed by atoms with Crippen LogP contribution in [-0.2, 0) is 23.2 Å². The van der Waals surface area contributed by atoms with E-state index in [1.54, 1.807) is 22.3 Å². The van der Waals surface area contributed by atoms with Gasteiger partial charge in [-0.3, -0.25) is 0 Å². The standard InChI is InChI=1S/2C11H17.2ClH.Zr/c2*1-4-5-6-11-7-9(2)10(3)8-11;;;/h2*7-8H,4-6H2,1-3H3;2*1H;/q;;;;+2/p-2. The number of hydrogen-bond donors (Lipinski definition) is 0. The molecular weight excluding hydrogens is 426 g/mol. The molecular formula is C22H34Cl2Zr. The summed E-state index contributed by atoms with van der Waals surface area (Å²) in [5.41, 5.74) is 6.46. The first-order valence-electron chi connectivity index (χ1n) is 9.43. The zero-order chi connectivity index (χ0) is 17.1. The van der Waals surface area contributed by atoms with Gasteiger partial charge in [-0.1, -0.05) is 0 Å². The predicted octanol–water partition coefficient (Wildman–Crippen LogP) is 1.59. The first kappa shape index (κ1) is 25.4. The zero-order valence-corrected chi connectivity index (χ0v) is 20.8. The second-order valence-corrected chi connectivity index (χ2v) is 13.6. The minimum atomic E-state index is -0.665. The Balaban J connectivity index is 0.00000288. The van der Waals surface area contributed by atoms with Gasteiger partial charge in [0.05, 0.1) is 0 Å². The van der Waals surface area contributed by atoms with Crippen LogP contribution in [-0.4, -0.2) is 0 Å². The molecule has 2 aliphatic carbocycles. The molecule has 0 saturated carbocycles. The number of hydrogen-bond acceptors (Lipinski definition) is 0. The van der Waals surface area contributed by atoms with Crippen LogP contribution in [0.25, 0.3) is 0 Å². The molecule has 0 aromatic rings. The fourth-order valence-electron chi connectivity index (χ4n) is 3.77. The summed E-state index contributed by atoms with van der Waals surface area (Å²) in [6, 6.07) is 0. The van der Waals surface area contributed by atoms with Crippen LogP contribution in [0.1, 0.15) is 80.1 Å². The summed E-state index contributed by atoms with van der Waals surface area (Å²) in [6.07, 6.45) is 18.1. The van der Waals surface area contributed by atoms with Crippen molar-refractivity contribution in [1.29, 1.82) is 0 Å². The van der Waals surface area contributed by atoms with E-state index in [0.717, 1.165) is 0 Å². The van der Waals surface area contributed by atoms with Crippen molar-refractivity contribution in [2.24, 2.45) is 0 Å². The predicted molar refractivity (Wildman–Crippen MR) is 99.5 cm³/mol. The van der Waals surface area contributed by atoms with E-state index in [9.17, 15) is 0 Å². The second kappa shape index (κ2) is 10.7. The van der Waals surface area contributed by atoms with Crippen LogP contribution in [0.3, 0.4) is 0 Å². The molecule has 0 aliphatic heterocycles. The maximum atomic E-state index is 2.64. The molecule has 2 rings (SSSR count). The van der Waals surface area contributed by atoms with Gasteiger partial charge < -0.3 is 24.8 Å². The van der Waals surface area contributed by atoms with E-state index in [0.29, 0.717) is 6.25 Å². The second-order valence-electron chi connectivity index (χ2n) is 7.83. The number of unbranched alkanes of at least 4 members (excludes halogenated alkanes) is 2. The average Bonchev–Trinajstić information content (AvgIpc) is 2.91. The number of allylic oxidation sites excluding steroid dienone is 8. The summed E-state index contributed by atoms with van der Waals surface area (Å²) >= 11 is -0.665. The molecule has 2 unspecified atom stereocenters. The van der Waals surface area contributed by atoms with Gasteiger partial charge in [0.1, 0.15) is 0 Å². The molecule has 0 fully saturated rings. The third-order valence-electron chi connectivity index (χ3n) is 5.55. The van der Waals surface area contributed by atoms with Crippen LogP contribution in [0, 0.1) is 0 Å². The van der Waals surface area contributed by atoms with Gasteiger partial charge in [0.25, 0.3) is 0 Å². The van der Waals surface area contributed by atoms with Gasteiger partial charge in [0.2, 0.25) is 0 Å². The fraction of sp³-hybridized carbons (Fsp3) is 0.636. The summed E-state index contributed by atoms with van der Waals surface area (Å²) in [4.78, 5) is 0. The maximum Gasteiger partial charge on any atom is -1.00 e. The summed E-state index contributed by atoms with van der Waals surface area (Å²) < 4.78 is 0.792. The van der Waals surface area contributed by atoms with Crippen LogP contribution in [0.5, 0.6) is 0 Å². The van der Waals surface area contributed by atoms with E-state index < -0.39 is 23.2 Å². The Bertz CT molecular complexity index is 521. The zero-order valence-electron chi connectivity index (χ0n) is 16.8. The van der Waals surface area contributed by atoms with Crippen molar-refractivity contribution in [1.82, 2.24) is 0 Å². The molecule has 0 spiro atoms. The van der Waals surface area contributed by atoms with Crippen LogP contribution in [0.15, 0.2) is 46.6 Å². The van der Waals surface area contributed by atoms with Gasteiger partial charge in [-0.05, 0) is 0 Å². The maximum absolute atomic E-state index is 2.64. The van der Waals surface area contributed by atoms with Gasteiger partial charge in [-0.25, -0.2) is 0 Å². The van der Waals surface area contributed by atoms with Crippen molar-refractivity contribution >= 4 is 0 Å². The largest absolute Gasteiger partial charge is 1.00 e. The molecule has 0 aromatic carbocycles. The van der Waals surface area contributed by atoms with Crippen LogP contribution in [0.2, 0.25) is 6.25 Å². The van der Waals surface area contributed by atoms with E-state index in [2.05, 4.69) is 65.8 Å². The molecule has 25 heavy (non-hydrogen) atoms. The van der Waals surface area contributed by atoms with E-state index in [1.165, 1.54) is 38.5 Å². The molecule has 0 bridgehead atoms. The van der Waals surface area contributed by atoms with Crippen molar-refractivity contribution < 1.29 is 48.0 Å². The summed E-state index contributed by atoms with van der Waals surface area (Å²) in [5.74, 6) is 0. The molecule has 3 heteroatoms. The normalized spacial score (nSPS) is 27.4. The van der Waals surface area contributed by atoms with Gasteiger partial charge in [-0.2, -0.15) is 0 Å². The summed E-state index contributed by atoms with van der Waals surface area (Å²) in [5, 5.41) is 0. The molecule has 0 amide bonds. The Morgan fingerprint density at radius 3 is 1.44 bits per heavy atom. The fourth-order valence-corrected chi connectivity index (χ4v) is 9.01. The third-order valence-corrected chi connectivity index (χ3v) is 10.7. The summed E-state index contributed by atoms with van der Waals surface area (Å²) in [6.45, 7) is 14.3. The van der Waals surface area contributed by atoms with Crippen molar-refractivity contribution in [3.8, 4) is 0 Å². The monoisotopic (exact) mass is 458 g/mol. The molecule has 0 radical (unpaired) electrons. The topological polar surface area (TPSA) is 0 Å². The molecule has 2 atom stereocenters. The quantitative estimate of drug-likeness (QED) is 0.516. The number of halogens is 2. The van der Waals surface area contributed by atoms with E-state index in [1.807, 2.05) is 0 Å². The Labute approximate surface area is 180 Å².